The molecular formula is C36H49BrClN5O2. The quantitative estimate of drug-likeness (QED) is 0.372. The lowest BCUT2D eigenvalue weighted by Gasteiger charge is -2.51. The lowest BCUT2D eigenvalue weighted by molar-refractivity contribution is -0.142. The molecule has 3 fully saturated rings. The van der Waals surface area contributed by atoms with Crippen LogP contribution in [0.1, 0.15) is 88.2 Å². The molecule has 2 unspecified atom stereocenters. The lowest BCUT2D eigenvalue weighted by Crippen LogP contribution is -2.62. The first kappa shape index (κ1) is 32.9. The number of carbonyl (C=O) groups is 2. The normalized spacial score (nSPS) is 24.2. The van der Waals surface area contributed by atoms with Crippen molar-refractivity contribution in [1.82, 2.24) is 24.6 Å². The molecule has 0 spiro atoms. The fourth-order valence-electron chi connectivity index (χ4n) is 8.28. The maximum Gasteiger partial charge on any atom is 0.223 e. The minimum Gasteiger partial charge on any atom is -0.343 e. The molecule has 6 rings (SSSR count). The summed E-state index contributed by atoms with van der Waals surface area (Å²) >= 11 is 10.1. The van der Waals surface area contributed by atoms with Crippen molar-refractivity contribution in [3.05, 3.63) is 62.3 Å². The first-order chi connectivity index (χ1) is 21.5. The van der Waals surface area contributed by atoms with Crippen molar-refractivity contribution in [1.29, 1.82) is 0 Å². The fourth-order valence-corrected chi connectivity index (χ4v) is 8.86. The molecule has 0 N–H and O–H groups in total. The van der Waals surface area contributed by atoms with Crippen LogP contribution in [0.5, 0.6) is 0 Å². The molecule has 3 saturated heterocycles. The standard InChI is InChI=1S/C36H49BrClN5O2/c1-24(44)40-13-9-25(10-14-40)19-33(45)43-18-17-42(23-32(43)36(2,3)4)30-11-15-41(16-12-30)35-31-8-7-29(38)21-26(31)5-6-27-20-28(37)22-39-34(27)35/h7-8,20-22,25,30,32,35H,5-6,9-19,23H2,1-4H3. The molecule has 0 saturated carbocycles. The Kier molecular flexibility index (Phi) is 9.96. The Morgan fingerprint density at radius 2 is 1.64 bits per heavy atom. The molecule has 4 aliphatic rings. The maximum absolute atomic E-state index is 13.7. The van der Waals surface area contributed by atoms with Crippen molar-refractivity contribution in [2.75, 3.05) is 45.8 Å². The molecule has 2 atom stereocenters. The van der Waals surface area contributed by atoms with Crippen molar-refractivity contribution >= 4 is 39.3 Å². The molecule has 244 valence electrons. The van der Waals surface area contributed by atoms with Crippen LogP contribution in [-0.2, 0) is 22.4 Å². The van der Waals surface area contributed by atoms with Crippen LogP contribution in [0.2, 0.25) is 5.02 Å². The Bertz CT molecular complexity index is 1340. The third kappa shape index (κ3) is 7.29. The SMILES string of the molecule is CC(=O)N1CCC(CC(=O)N2CCN(C3CCN(C4c5ccc(Cl)cc5CCc5cc(Br)cnc54)CC3)CC2C(C)(C)C)CC1. The number of piperidine rings is 2. The number of hydrogen-bond donors (Lipinski definition) is 0. The molecule has 0 bridgehead atoms. The van der Waals surface area contributed by atoms with Crippen LogP contribution in [0.15, 0.2) is 34.9 Å². The monoisotopic (exact) mass is 697 g/mol. The molecule has 45 heavy (non-hydrogen) atoms. The second-order valence-corrected chi connectivity index (χ2v) is 16.2. The van der Waals surface area contributed by atoms with Crippen LogP contribution >= 0.6 is 27.5 Å². The van der Waals surface area contributed by atoms with Crippen molar-refractivity contribution in [3.8, 4) is 0 Å². The smallest absolute Gasteiger partial charge is 0.223 e. The molecule has 9 heteroatoms. The van der Waals surface area contributed by atoms with Crippen molar-refractivity contribution < 1.29 is 9.59 Å². The van der Waals surface area contributed by atoms with Crippen LogP contribution in [0.3, 0.4) is 0 Å². The van der Waals surface area contributed by atoms with Gasteiger partial charge in [-0.05, 0) is 101 Å². The minimum absolute atomic E-state index is 0.00200. The number of aryl methyl sites for hydroxylation is 2. The van der Waals surface area contributed by atoms with E-state index in [4.69, 9.17) is 16.6 Å². The molecule has 1 aromatic heterocycles. The highest BCUT2D eigenvalue weighted by molar-refractivity contribution is 9.10. The van der Waals surface area contributed by atoms with E-state index >= 15 is 0 Å². The number of benzene rings is 1. The molecule has 2 amide bonds. The highest BCUT2D eigenvalue weighted by Crippen LogP contribution is 2.40. The first-order valence-electron chi connectivity index (χ1n) is 16.9. The van der Waals surface area contributed by atoms with Gasteiger partial charge in [-0.1, -0.05) is 38.4 Å². The summed E-state index contributed by atoms with van der Waals surface area (Å²) in [7, 11) is 0. The summed E-state index contributed by atoms with van der Waals surface area (Å²) in [4.78, 5) is 39.9. The molecule has 2 aromatic rings. The minimum atomic E-state index is 0.00200. The Morgan fingerprint density at radius 1 is 0.933 bits per heavy atom. The summed E-state index contributed by atoms with van der Waals surface area (Å²) in [5.74, 6) is 0.825. The number of carbonyl (C=O) groups excluding carboxylic acids is 2. The third-order valence-electron chi connectivity index (χ3n) is 10.9. The number of nitrogens with zero attached hydrogens (tertiary/aromatic N) is 5. The van der Waals surface area contributed by atoms with E-state index in [2.05, 4.69) is 69.6 Å². The van der Waals surface area contributed by atoms with E-state index in [0.29, 0.717) is 24.3 Å². The summed E-state index contributed by atoms with van der Waals surface area (Å²) < 4.78 is 1.03. The number of likely N-dealkylation sites (tertiary alicyclic amines) is 2. The summed E-state index contributed by atoms with van der Waals surface area (Å²) in [6.07, 6.45) is 8.59. The van der Waals surface area contributed by atoms with Gasteiger partial charge in [-0.3, -0.25) is 24.4 Å². The summed E-state index contributed by atoms with van der Waals surface area (Å²) in [5, 5.41) is 0.802. The Hall–Kier alpha value is -2.00. The first-order valence-corrected chi connectivity index (χ1v) is 18.1. The highest BCUT2D eigenvalue weighted by atomic mass is 79.9. The van der Waals surface area contributed by atoms with Crippen molar-refractivity contribution in [2.24, 2.45) is 11.3 Å². The molecule has 1 aliphatic carbocycles. The Balaban J connectivity index is 1.12. The average molecular weight is 699 g/mol. The number of pyridine rings is 1. The molecule has 0 radical (unpaired) electrons. The zero-order valence-electron chi connectivity index (χ0n) is 27.4. The second kappa shape index (κ2) is 13.6. The third-order valence-corrected chi connectivity index (χ3v) is 11.6. The van der Waals surface area contributed by atoms with Crippen LogP contribution in [0.25, 0.3) is 0 Å². The molecule has 7 nitrogen and oxygen atoms in total. The number of amides is 2. The number of aromatic nitrogens is 1. The fraction of sp³-hybridized carbons (Fsp3) is 0.639. The number of rotatable bonds is 4. The van der Waals surface area contributed by atoms with E-state index in [9.17, 15) is 9.59 Å². The zero-order chi connectivity index (χ0) is 31.9. The van der Waals surface area contributed by atoms with Gasteiger partial charge in [-0.25, -0.2) is 0 Å². The van der Waals surface area contributed by atoms with E-state index in [1.807, 2.05) is 17.2 Å². The van der Waals surface area contributed by atoms with Crippen LogP contribution in [-0.4, -0.2) is 94.3 Å². The van der Waals surface area contributed by atoms with Gasteiger partial charge in [0.15, 0.2) is 0 Å². The van der Waals surface area contributed by atoms with E-state index in [1.54, 1.807) is 6.92 Å². The Labute approximate surface area is 282 Å². The van der Waals surface area contributed by atoms with Gasteiger partial charge in [0.1, 0.15) is 0 Å². The maximum atomic E-state index is 13.7. The highest BCUT2D eigenvalue weighted by Gasteiger charge is 2.41. The number of fused-ring (bicyclic) bond motifs is 2. The second-order valence-electron chi connectivity index (χ2n) is 14.8. The molecule has 4 heterocycles. The summed E-state index contributed by atoms with van der Waals surface area (Å²) in [6.45, 7) is 14.8. The van der Waals surface area contributed by atoms with Gasteiger partial charge in [0.25, 0.3) is 0 Å². The average Bonchev–Trinajstić information content (AvgIpc) is 3.17. The predicted octanol–water partition coefficient (Wildman–Crippen LogP) is 6.36. The summed E-state index contributed by atoms with van der Waals surface area (Å²) in [6, 6.07) is 9.52. The van der Waals surface area contributed by atoms with Crippen molar-refractivity contribution in [3.63, 3.8) is 0 Å². The van der Waals surface area contributed by atoms with E-state index in [1.165, 1.54) is 22.4 Å². The number of piperazine rings is 1. The van der Waals surface area contributed by atoms with E-state index in [0.717, 1.165) is 93.8 Å². The molecule has 1 aromatic carbocycles. The largest absolute Gasteiger partial charge is 0.343 e. The van der Waals surface area contributed by atoms with Gasteiger partial charge in [0, 0.05) is 86.9 Å². The van der Waals surface area contributed by atoms with Crippen molar-refractivity contribution in [2.45, 2.75) is 90.8 Å². The number of hydrogen-bond acceptors (Lipinski definition) is 5. The number of halogens is 2. The summed E-state index contributed by atoms with van der Waals surface area (Å²) in [5.41, 5.74) is 5.19. The van der Waals surface area contributed by atoms with Gasteiger partial charge in [-0.2, -0.15) is 0 Å². The van der Waals surface area contributed by atoms with E-state index < -0.39 is 0 Å². The molecular weight excluding hydrogens is 650 g/mol. The van der Waals surface area contributed by atoms with Gasteiger partial charge in [0.05, 0.1) is 11.7 Å². The lowest BCUT2D eigenvalue weighted by atomic mass is 9.82. The van der Waals surface area contributed by atoms with Gasteiger partial charge >= 0.3 is 0 Å². The van der Waals surface area contributed by atoms with Crippen LogP contribution in [0, 0.1) is 11.3 Å². The van der Waals surface area contributed by atoms with Gasteiger partial charge in [-0.15, -0.1) is 0 Å². The van der Waals surface area contributed by atoms with Gasteiger partial charge in [0.2, 0.25) is 11.8 Å². The predicted molar refractivity (Wildman–Crippen MR) is 183 cm³/mol. The molecule has 3 aliphatic heterocycles. The van der Waals surface area contributed by atoms with Crippen LogP contribution in [0.4, 0.5) is 0 Å². The van der Waals surface area contributed by atoms with Gasteiger partial charge < -0.3 is 9.80 Å². The van der Waals surface area contributed by atoms with Crippen LogP contribution < -0.4 is 0 Å². The zero-order valence-corrected chi connectivity index (χ0v) is 29.7. The Morgan fingerprint density at radius 3 is 2.33 bits per heavy atom. The van der Waals surface area contributed by atoms with E-state index in [-0.39, 0.29) is 23.4 Å². The topological polar surface area (TPSA) is 60.0 Å².